The van der Waals surface area contributed by atoms with Crippen LogP contribution in [0.1, 0.15) is 91.2 Å². The zero-order valence-corrected chi connectivity index (χ0v) is 77.1. The Morgan fingerprint density at radius 1 is 0.199 bits per heavy atom. The fourth-order valence-electron chi connectivity index (χ4n) is 18.6. The van der Waals surface area contributed by atoms with Gasteiger partial charge in [-0.3, -0.25) is 0 Å². The molecule has 0 unspecified atom stereocenters. The van der Waals surface area contributed by atoms with Crippen molar-refractivity contribution in [1.82, 2.24) is 0 Å². The minimum Gasteiger partial charge on any atom is -0.494 e. The van der Waals surface area contributed by atoms with Gasteiger partial charge in [0.15, 0.2) is 0 Å². The van der Waals surface area contributed by atoms with E-state index in [1.54, 1.807) is 0 Å². The molecule has 1 aliphatic rings. The lowest BCUT2D eigenvalue weighted by atomic mass is 9.83. The molecule has 0 bridgehead atoms. The van der Waals surface area contributed by atoms with Crippen molar-refractivity contribution in [1.29, 1.82) is 0 Å². The van der Waals surface area contributed by atoms with E-state index in [0.717, 1.165) is 178 Å². The predicted octanol–water partition coefficient (Wildman–Crippen LogP) is 35.5. The molecule has 18 aromatic rings. The SMILES string of the molecule is C=Cc1ccc(OCCCCCCc2ccc(N(c3ccc(-c4ccc(-c5ccc(-c6ccc(N(c7ccccc7)c7ccccc7)cc6)cc5)cc4)cc3)c3cccc(C4=C(c5cccc(N(c6ccc(CCCOCCOc7ccc(C=C)cc7)cc6)c6ccc(-c7ccc(-c8ccc(-c9ccc(N(c%10ccccc%10)c%10ccccc%10)cc9)cc8)cc7)cc6)c5)CCCC4)c3)cc2)cc1. The zero-order valence-electron chi connectivity index (χ0n) is 77.1. The first-order valence-electron chi connectivity index (χ1n) is 47.9. The van der Waals surface area contributed by atoms with Crippen LogP contribution in [-0.2, 0) is 17.6 Å². The summed E-state index contributed by atoms with van der Waals surface area (Å²) in [6.45, 7) is 10.2. The quantitative estimate of drug-likeness (QED) is 0.0357. The predicted molar refractivity (Wildman–Crippen MR) is 575 cm³/mol. The molecule has 136 heavy (non-hydrogen) atoms. The van der Waals surface area contributed by atoms with Crippen LogP contribution in [0.5, 0.6) is 11.5 Å². The van der Waals surface area contributed by atoms with E-state index in [9.17, 15) is 0 Å². The average molecular weight is 1770 g/mol. The molecular weight excluding hydrogens is 1650 g/mol. The third-order valence-corrected chi connectivity index (χ3v) is 26.0. The van der Waals surface area contributed by atoms with Crippen molar-refractivity contribution in [2.24, 2.45) is 0 Å². The Balaban J connectivity index is 0.573. The van der Waals surface area contributed by atoms with Crippen molar-refractivity contribution in [3.8, 4) is 78.3 Å². The molecule has 0 amide bonds. The second kappa shape index (κ2) is 44.0. The van der Waals surface area contributed by atoms with Crippen LogP contribution in [0.2, 0.25) is 0 Å². The molecule has 19 rings (SSSR count). The Morgan fingerprint density at radius 2 is 0.449 bits per heavy atom. The molecule has 0 saturated carbocycles. The molecule has 0 radical (unpaired) electrons. The number of allylic oxidation sites excluding steroid dienone is 2. The summed E-state index contributed by atoms with van der Waals surface area (Å²) in [6.07, 6.45) is 15.1. The number of hydrogen-bond donors (Lipinski definition) is 0. The lowest BCUT2D eigenvalue weighted by molar-refractivity contribution is 0.0985. The molecule has 7 heteroatoms. The molecule has 1 aliphatic carbocycles. The van der Waals surface area contributed by atoms with Gasteiger partial charge in [0.2, 0.25) is 0 Å². The van der Waals surface area contributed by atoms with E-state index in [2.05, 4.69) is 457 Å². The van der Waals surface area contributed by atoms with E-state index < -0.39 is 0 Å². The fourth-order valence-corrected chi connectivity index (χ4v) is 18.6. The van der Waals surface area contributed by atoms with Crippen LogP contribution in [0, 0.1) is 0 Å². The summed E-state index contributed by atoms with van der Waals surface area (Å²) in [5, 5.41) is 0. The highest BCUT2D eigenvalue weighted by Crippen LogP contribution is 2.47. The van der Waals surface area contributed by atoms with Gasteiger partial charge in [-0.2, -0.15) is 0 Å². The van der Waals surface area contributed by atoms with E-state index in [4.69, 9.17) is 14.2 Å². The average Bonchev–Trinajstić information content (AvgIpc) is 0.775. The Bertz CT molecular complexity index is 6440. The summed E-state index contributed by atoms with van der Waals surface area (Å²) in [5.41, 5.74) is 37.4. The molecule has 0 saturated heterocycles. The van der Waals surface area contributed by atoms with Crippen LogP contribution in [-0.4, -0.2) is 26.4 Å². The van der Waals surface area contributed by atoms with Crippen molar-refractivity contribution in [3.63, 3.8) is 0 Å². The highest BCUT2D eigenvalue weighted by Gasteiger charge is 2.24. The number of anilines is 12. The van der Waals surface area contributed by atoms with Crippen molar-refractivity contribution in [2.75, 3.05) is 46.0 Å². The second-order valence-corrected chi connectivity index (χ2v) is 34.9. The Hall–Kier alpha value is -16.1. The van der Waals surface area contributed by atoms with E-state index in [-0.39, 0.29) is 0 Å². The van der Waals surface area contributed by atoms with Gasteiger partial charge in [-0.05, 0) is 339 Å². The van der Waals surface area contributed by atoms with Gasteiger partial charge in [-0.25, -0.2) is 0 Å². The number of hydrogen-bond acceptors (Lipinski definition) is 7. The Morgan fingerprint density at radius 3 is 0.750 bits per heavy atom. The standard InChI is InChI=1S/C129H112N4O3/c1-3-96-46-86-126(87-47-96)135-91-22-6-5-11-26-98-42-74-118(75-43-98)132(122-82-70-110(71-83-122)106-62-54-102(55-63-106)100-50-58-104(59-51-100)108-66-78-120(79-67-108)130(114-30-12-7-13-31-114)115-32-14-8-15-33-115)124-38-23-28-112(94-124)128-40-20-21-41-129(128)113-29-24-39-125(95-113)133(119-76-44-99(45-77-119)27-25-90-134-92-93-136-127-88-48-97(4-2)49-89-127)123-84-72-111(73-85-123)107-64-56-103(57-65-107)101-52-60-105(61-53-101)109-68-80-121(81-69-109)131(116-34-16-9-17-35-116)117-36-18-10-19-37-117/h3-4,7-10,12-19,23-24,28-39,42-89,94-95H,1-2,5-6,11,20-22,25-27,40-41,90-93H2. The monoisotopic (exact) mass is 1760 g/mol. The zero-order chi connectivity index (χ0) is 91.8. The number of rotatable bonds is 38. The van der Waals surface area contributed by atoms with Gasteiger partial charge < -0.3 is 33.8 Å². The number of para-hydroxylation sites is 4. The van der Waals surface area contributed by atoms with Crippen LogP contribution in [0.4, 0.5) is 68.2 Å². The fraction of sp³-hybridized carbons (Fsp3) is 0.116. The normalized spacial score (nSPS) is 11.8. The van der Waals surface area contributed by atoms with E-state index >= 15 is 0 Å². The van der Waals surface area contributed by atoms with Gasteiger partial charge in [0, 0.05) is 74.9 Å². The molecule has 0 fully saturated rings. The smallest absolute Gasteiger partial charge is 0.119 e. The van der Waals surface area contributed by atoms with Gasteiger partial charge in [0.25, 0.3) is 0 Å². The first-order chi connectivity index (χ1) is 67.3. The van der Waals surface area contributed by atoms with Crippen LogP contribution < -0.4 is 29.1 Å². The van der Waals surface area contributed by atoms with Crippen molar-refractivity contribution in [3.05, 3.63) is 508 Å². The minimum atomic E-state index is 0.497. The number of unbranched alkanes of at least 4 members (excludes halogenated alkanes) is 3. The van der Waals surface area contributed by atoms with Crippen LogP contribution in [0.15, 0.2) is 474 Å². The Kier molecular flexibility index (Phi) is 28.8. The first kappa shape index (κ1) is 89.2. The number of aryl methyl sites for hydroxylation is 2. The molecule has 0 aromatic heterocycles. The number of ether oxygens (including phenoxy) is 3. The molecule has 0 spiro atoms. The summed E-state index contributed by atoms with van der Waals surface area (Å²) in [5.74, 6) is 1.74. The maximum Gasteiger partial charge on any atom is 0.119 e. The Labute approximate surface area is 802 Å². The first-order valence-corrected chi connectivity index (χ1v) is 47.9. The third kappa shape index (κ3) is 22.0. The third-order valence-electron chi connectivity index (χ3n) is 26.0. The molecule has 18 aromatic carbocycles. The maximum atomic E-state index is 6.09. The summed E-state index contributed by atoms with van der Waals surface area (Å²) in [7, 11) is 0. The van der Waals surface area contributed by atoms with Crippen molar-refractivity contribution in [2.45, 2.75) is 70.6 Å². The molecule has 0 heterocycles. The highest BCUT2D eigenvalue weighted by molar-refractivity contribution is 5.95. The summed E-state index contributed by atoms with van der Waals surface area (Å²) >= 11 is 0. The molecular formula is C129H112N4O3. The van der Waals surface area contributed by atoms with Crippen molar-refractivity contribution >= 4 is 91.5 Å². The molecule has 666 valence electrons. The van der Waals surface area contributed by atoms with Gasteiger partial charge in [-0.1, -0.05) is 329 Å². The minimum absolute atomic E-state index is 0.497. The molecule has 0 aliphatic heterocycles. The van der Waals surface area contributed by atoms with Crippen LogP contribution in [0.25, 0.3) is 90.1 Å². The van der Waals surface area contributed by atoms with Gasteiger partial charge >= 0.3 is 0 Å². The van der Waals surface area contributed by atoms with E-state index in [1.165, 1.54) is 83.5 Å². The summed E-state index contributed by atoms with van der Waals surface area (Å²) in [6, 6.07) is 168. The second-order valence-electron chi connectivity index (χ2n) is 34.9. The van der Waals surface area contributed by atoms with Crippen molar-refractivity contribution < 1.29 is 14.2 Å². The summed E-state index contributed by atoms with van der Waals surface area (Å²) < 4.78 is 18.2. The molecule has 0 atom stereocenters. The molecule has 7 nitrogen and oxygen atoms in total. The molecule has 0 N–H and O–H groups in total. The summed E-state index contributed by atoms with van der Waals surface area (Å²) in [4.78, 5) is 9.48. The largest absolute Gasteiger partial charge is 0.494 e. The number of nitrogens with zero attached hydrogens (tertiary/aromatic N) is 4. The van der Waals surface area contributed by atoms with E-state index in [1.807, 2.05) is 48.6 Å². The van der Waals surface area contributed by atoms with Gasteiger partial charge in [0.05, 0.1) is 13.2 Å². The topological polar surface area (TPSA) is 40.7 Å². The lowest BCUT2D eigenvalue weighted by Crippen LogP contribution is -2.11. The van der Waals surface area contributed by atoms with Gasteiger partial charge in [-0.15, -0.1) is 0 Å². The van der Waals surface area contributed by atoms with Gasteiger partial charge in [0.1, 0.15) is 18.1 Å². The maximum absolute atomic E-state index is 6.09. The van der Waals surface area contributed by atoms with E-state index in [0.29, 0.717) is 26.4 Å². The highest BCUT2D eigenvalue weighted by atomic mass is 16.5. The lowest BCUT2D eigenvalue weighted by Gasteiger charge is -2.28. The van der Waals surface area contributed by atoms with Crippen LogP contribution >= 0.6 is 0 Å². The van der Waals surface area contributed by atoms with Crippen LogP contribution in [0.3, 0.4) is 0 Å². The number of benzene rings is 18.